The summed E-state index contributed by atoms with van der Waals surface area (Å²) in [5, 5.41) is 11.9. The summed E-state index contributed by atoms with van der Waals surface area (Å²) >= 11 is 0. The lowest BCUT2D eigenvalue weighted by Crippen LogP contribution is -2.38. The molecule has 1 aliphatic rings. The first-order chi connectivity index (χ1) is 8.67. The predicted molar refractivity (Wildman–Crippen MR) is 71.5 cm³/mol. The smallest absolute Gasteiger partial charge is 0.172 e. The van der Waals surface area contributed by atoms with E-state index in [1.54, 1.807) is 7.11 Å². The van der Waals surface area contributed by atoms with Gasteiger partial charge in [-0.2, -0.15) is 0 Å². The molecule has 1 aliphatic carbocycles. The summed E-state index contributed by atoms with van der Waals surface area (Å²) in [7, 11) is 3.67. The largest absolute Gasteiger partial charge is 0.497 e. The Hall–Kier alpha value is -1.91. The first-order valence-corrected chi connectivity index (χ1v) is 6.06. The van der Waals surface area contributed by atoms with Gasteiger partial charge >= 0.3 is 0 Å². The number of hydrogen-bond acceptors (Lipinski definition) is 4. The third kappa shape index (κ3) is 2.20. The van der Waals surface area contributed by atoms with Crippen LogP contribution in [-0.2, 0) is 0 Å². The van der Waals surface area contributed by atoms with Gasteiger partial charge in [-0.05, 0) is 31.4 Å². The lowest BCUT2D eigenvalue weighted by atomic mass is 9.91. The van der Waals surface area contributed by atoms with Crippen LogP contribution in [0.1, 0.15) is 24.8 Å². The van der Waals surface area contributed by atoms with Crippen LogP contribution in [0.3, 0.4) is 0 Å². The molecule has 0 aliphatic heterocycles. The average molecular weight is 249 g/mol. The van der Waals surface area contributed by atoms with E-state index in [0.29, 0.717) is 6.04 Å². The van der Waals surface area contributed by atoms with Crippen LogP contribution in [0, 0.1) is 0 Å². The molecule has 0 heterocycles. The van der Waals surface area contributed by atoms with Crippen LogP contribution in [0.4, 0.5) is 5.69 Å². The minimum absolute atomic E-state index is 0.124. The number of hydrogen-bond donors (Lipinski definition) is 2. The molecule has 0 unspecified atom stereocenters. The van der Waals surface area contributed by atoms with E-state index in [4.69, 9.17) is 15.7 Å². The molecule has 1 aromatic carbocycles. The fourth-order valence-electron chi connectivity index (χ4n) is 2.17. The Morgan fingerprint density at radius 1 is 1.50 bits per heavy atom. The zero-order chi connectivity index (χ0) is 13.1. The fourth-order valence-corrected chi connectivity index (χ4v) is 2.17. The van der Waals surface area contributed by atoms with Crippen LogP contribution in [0.5, 0.6) is 5.75 Å². The van der Waals surface area contributed by atoms with Crippen LogP contribution >= 0.6 is 0 Å². The molecular weight excluding hydrogens is 230 g/mol. The predicted octanol–water partition coefficient (Wildman–Crippen LogP) is 1.78. The maximum atomic E-state index is 8.84. The molecule has 0 radical (unpaired) electrons. The molecule has 3 N–H and O–H groups in total. The Labute approximate surface area is 107 Å². The average Bonchev–Trinajstić information content (AvgIpc) is 2.35. The number of nitrogens with two attached hydrogens (primary N) is 1. The Morgan fingerprint density at radius 2 is 2.22 bits per heavy atom. The molecular formula is C13H19N3O2. The monoisotopic (exact) mass is 249 g/mol. The second kappa shape index (κ2) is 5.16. The molecule has 98 valence electrons. The lowest BCUT2D eigenvalue weighted by Gasteiger charge is -2.37. The van der Waals surface area contributed by atoms with Crippen molar-refractivity contribution in [1.82, 2.24) is 0 Å². The van der Waals surface area contributed by atoms with Crippen LogP contribution in [-0.4, -0.2) is 31.2 Å². The summed E-state index contributed by atoms with van der Waals surface area (Å²) < 4.78 is 5.23. The molecule has 1 saturated carbocycles. The van der Waals surface area contributed by atoms with Gasteiger partial charge in [-0.3, -0.25) is 0 Å². The number of anilines is 1. The zero-order valence-electron chi connectivity index (χ0n) is 10.8. The highest BCUT2D eigenvalue weighted by molar-refractivity contribution is 6.02. The molecule has 0 spiro atoms. The van der Waals surface area contributed by atoms with Crippen LogP contribution in [0.2, 0.25) is 0 Å². The molecule has 0 aromatic heterocycles. The number of oxime groups is 1. The Balaban J connectivity index is 2.39. The van der Waals surface area contributed by atoms with Crippen molar-refractivity contribution in [3.8, 4) is 5.75 Å². The van der Waals surface area contributed by atoms with Gasteiger partial charge in [0.05, 0.1) is 12.8 Å². The molecule has 1 fully saturated rings. The maximum absolute atomic E-state index is 8.84. The van der Waals surface area contributed by atoms with Gasteiger partial charge < -0.3 is 20.6 Å². The summed E-state index contributed by atoms with van der Waals surface area (Å²) in [5.41, 5.74) is 7.39. The molecule has 2 rings (SSSR count). The van der Waals surface area contributed by atoms with Crippen molar-refractivity contribution in [2.45, 2.75) is 25.3 Å². The second-order valence-electron chi connectivity index (χ2n) is 4.56. The second-order valence-corrected chi connectivity index (χ2v) is 4.56. The van der Waals surface area contributed by atoms with Crippen molar-refractivity contribution in [1.29, 1.82) is 0 Å². The summed E-state index contributed by atoms with van der Waals surface area (Å²) in [6, 6.07) is 6.08. The van der Waals surface area contributed by atoms with Crippen molar-refractivity contribution in [2.24, 2.45) is 10.9 Å². The van der Waals surface area contributed by atoms with Gasteiger partial charge in [-0.25, -0.2) is 0 Å². The SMILES string of the molecule is COc1ccc(/C(N)=N/O)c(N(C)C2CCC2)c1. The highest BCUT2D eigenvalue weighted by Gasteiger charge is 2.24. The van der Waals surface area contributed by atoms with E-state index >= 15 is 0 Å². The van der Waals surface area contributed by atoms with Gasteiger partial charge in [0.2, 0.25) is 0 Å². The van der Waals surface area contributed by atoms with Crippen molar-refractivity contribution in [3.05, 3.63) is 23.8 Å². The van der Waals surface area contributed by atoms with Crippen molar-refractivity contribution < 1.29 is 9.94 Å². The topological polar surface area (TPSA) is 71.1 Å². The van der Waals surface area contributed by atoms with E-state index in [-0.39, 0.29) is 5.84 Å². The summed E-state index contributed by atoms with van der Waals surface area (Å²) in [6.45, 7) is 0. The molecule has 5 heteroatoms. The van der Waals surface area contributed by atoms with Gasteiger partial charge in [0.1, 0.15) is 5.75 Å². The molecule has 0 atom stereocenters. The molecule has 0 saturated heterocycles. The van der Waals surface area contributed by atoms with E-state index in [1.807, 2.05) is 25.2 Å². The number of methoxy groups -OCH3 is 1. The molecule has 18 heavy (non-hydrogen) atoms. The van der Waals surface area contributed by atoms with E-state index in [2.05, 4.69) is 10.1 Å². The number of ether oxygens (including phenoxy) is 1. The van der Waals surface area contributed by atoms with Crippen molar-refractivity contribution >= 4 is 11.5 Å². The standard InChI is InChI=1S/C13H19N3O2/c1-16(9-4-3-5-9)12-8-10(18-2)6-7-11(12)13(14)15-17/h6-9,17H,3-5H2,1-2H3,(H2,14,15). The van der Waals surface area contributed by atoms with Crippen LogP contribution < -0.4 is 15.4 Å². The van der Waals surface area contributed by atoms with Crippen LogP contribution in [0.15, 0.2) is 23.4 Å². The molecule has 0 bridgehead atoms. The Morgan fingerprint density at radius 3 is 2.72 bits per heavy atom. The van der Waals surface area contributed by atoms with Gasteiger partial charge in [0.15, 0.2) is 5.84 Å². The Kier molecular flexibility index (Phi) is 3.60. The molecule has 0 amide bonds. The van der Waals surface area contributed by atoms with Gasteiger partial charge in [-0.1, -0.05) is 5.16 Å². The maximum Gasteiger partial charge on any atom is 0.172 e. The summed E-state index contributed by atoms with van der Waals surface area (Å²) in [5.74, 6) is 0.893. The highest BCUT2D eigenvalue weighted by Crippen LogP contribution is 2.32. The van der Waals surface area contributed by atoms with Crippen molar-refractivity contribution in [3.63, 3.8) is 0 Å². The number of nitrogens with zero attached hydrogens (tertiary/aromatic N) is 2. The third-order valence-corrected chi connectivity index (χ3v) is 3.59. The van der Waals surface area contributed by atoms with E-state index in [0.717, 1.165) is 17.0 Å². The molecule has 5 nitrogen and oxygen atoms in total. The fraction of sp³-hybridized carbons (Fsp3) is 0.462. The van der Waals surface area contributed by atoms with Crippen LogP contribution in [0.25, 0.3) is 0 Å². The first-order valence-electron chi connectivity index (χ1n) is 6.06. The van der Waals surface area contributed by atoms with E-state index < -0.39 is 0 Å². The third-order valence-electron chi connectivity index (χ3n) is 3.59. The van der Waals surface area contributed by atoms with Gasteiger partial charge in [0, 0.05) is 24.7 Å². The zero-order valence-corrected chi connectivity index (χ0v) is 10.8. The van der Waals surface area contributed by atoms with Gasteiger partial charge in [-0.15, -0.1) is 0 Å². The normalized spacial score (nSPS) is 16.2. The quantitative estimate of drug-likeness (QED) is 0.369. The minimum Gasteiger partial charge on any atom is -0.497 e. The molecule has 1 aromatic rings. The van der Waals surface area contributed by atoms with Crippen molar-refractivity contribution in [2.75, 3.05) is 19.1 Å². The summed E-state index contributed by atoms with van der Waals surface area (Å²) in [4.78, 5) is 2.18. The number of amidine groups is 1. The van der Waals surface area contributed by atoms with Gasteiger partial charge in [0.25, 0.3) is 0 Å². The number of rotatable bonds is 4. The Bertz CT molecular complexity index is 456. The minimum atomic E-state index is 0.124. The van der Waals surface area contributed by atoms with E-state index in [1.165, 1.54) is 19.3 Å². The number of benzene rings is 1. The highest BCUT2D eigenvalue weighted by atomic mass is 16.5. The summed E-state index contributed by atoms with van der Waals surface area (Å²) in [6.07, 6.45) is 3.63. The first kappa shape index (κ1) is 12.5. The lowest BCUT2D eigenvalue weighted by molar-refractivity contribution is 0.318. The van der Waals surface area contributed by atoms with E-state index in [9.17, 15) is 0 Å².